The lowest BCUT2D eigenvalue weighted by atomic mass is 9.96. The zero-order chi connectivity index (χ0) is 17.1. The summed E-state index contributed by atoms with van der Waals surface area (Å²) in [5.41, 5.74) is -0.132. The zero-order valence-electron chi connectivity index (χ0n) is 13.4. The molecule has 0 atom stereocenters. The molecule has 1 saturated carbocycles. The number of benzene rings is 1. The summed E-state index contributed by atoms with van der Waals surface area (Å²) in [6, 6.07) is 3.88. The fourth-order valence-electron chi connectivity index (χ4n) is 2.86. The Morgan fingerprint density at radius 2 is 1.71 bits per heavy atom. The van der Waals surface area contributed by atoms with Crippen molar-refractivity contribution in [2.45, 2.75) is 38.3 Å². The molecule has 0 radical (unpaired) electrons. The first-order valence-corrected chi connectivity index (χ1v) is 8.30. The topological polar surface area (TPSA) is 61.4 Å². The highest BCUT2D eigenvalue weighted by Gasteiger charge is 2.30. The van der Waals surface area contributed by atoms with Crippen LogP contribution in [0.4, 0.5) is 13.6 Å². The van der Waals surface area contributed by atoms with Crippen molar-refractivity contribution in [3.8, 4) is 0 Å². The van der Waals surface area contributed by atoms with Gasteiger partial charge in [-0.15, -0.1) is 0 Å². The van der Waals surface area contributed by atoms with Crippen LogP contribution in [0.3, 0.4) is 0 Å². The monoisotopic (exact) mass is 337 g/mol. The third-order valence-corrected chi connectivity index (χ3v) is 4.56. The summed E-state index contributed by atoms with van der Waals surface area (Å²) in [6.45, 7) is 0.870. The second-order valence-corrected chi connectivity index (χ2v) is 6.40. The van der Waals surface area contributed by atoms with E-state index in [4.69, 9.17) is 0 Å². The van der Waals surface area contributed by atoms with E-state index in [1.54, 1.807) is 4.90 Å². The molecule has 0 bridgehead atoms. The lowest BCUT2D eigenvalue weighted by molar-refractivity contribution is -0.126. The number of halogens is 2. The van der Waals surface area contributed by atoms with E-state index in [0.29, 0.717) is 32.0 Å². The van der Waals surface area contributed by atoms with Crippen molar-refractivity contribution < 1.29 is 18.4 Å². The minimum atomic E-state index is -0.665. The maximum absolute atomic E-state index is 13.6. The van der Waals surface area contributed by atoms with Gasteiger partial charge in [0.1, 0.15) is 11.6 Å². The van der Waals surface area contributed by atoms with Crippen molar-refractivity contribution in [1.82, 2.24) is 15.5 Å². The average molecular weight is 337 g/mol. The van der Waals surface area contributed by atoms with Crippen molar-refractivity contribution in [3.05, 3.63) is 35.4 Å². The summed E-state index contributed by atoms with van der Waals surface area (Å²) in [6.07, 6.45) is 3.20. The highest BCUT2D eigenvalue weighted by Crippen LogP contribution is 2.21. The van der Waals surface area contributed by atoms with Gasteiger partial charge in [-0.2, -0.15) is 0 Å². The maximum Gasteiger partial charge on any atom is 0.317 e. The largest absolute Gasteiger partial charge is 0.352 e. The normalized spacial score (nSPS) is 18.3. The van der Waals surface area contributed by atoms with E-state index in [1.165, 1.54) is 18.2 Å². The Labute approximate surface area is 139 Å². The quantitative estimate of drug-likeness (QED) is 0.884. The molecule has 0 aromatic heterocycles. The fourth-order valence-corrected chi connectivity index (χ4v) is 2.86. The molecule has 3 amide bonds. The summed E-state index contributed by atoms with van der Waals surface area (Å²) in [5, 5.41) is 5.53. The van der Waals surface area contributed by atoms with Gasteiger partial charge in [0.2, 0.25) is 5.91 Å². The average Bonchev–Trinajstić information content (AvgIpc) is 3.38. The van der Waals surface area contributed by atoms with Crippen molar-refractivity contribution in [1.29, 1.82) is 0 Å². The minimum absolute atomic E-state index is 0.0650. The molecule has 2 aliphatic rings. The van der Waals surface area contributed by atoms with Crippen LogP contribution in [-0.4, -0.2) is 36.0 Å². The van der Waals surface area contributed by atoms with Gasteiger partial charge in [0.25, 0.3) is 0 Å². The predicted octanol–water partition coefficient (Wildman–Crippen LogP) is 2.17. The molecule has 2 N–H and O–H groups in total. The number of carbonyl (C=O) groups is 2. The maximum atomic E-state index is 13.6. The molecule has 1 aliphatic carbocycles. The van der Waals surface area contributed by atoms with Crippen LogP contribution < -0.4 is 10.6 Å². The summed E-state index contributed by atoms with van der Waals surface area (Å²) in [7, 11) is 0. The Morgan fingerprint density at radius 1 is 1.08 bits per heavy atom. The van der Waals surface area contributed by atoms with Crippen LogP contribution in [0.2, 0.25) is 0 Å². The van der Waals surface area contributed by atoms with Crippen LogP contribution in [0.15, 0.2) is 18.2 Å². The summed E-state index contributed by atoms with van der Waals surface area (Å²) in [5.74, 6) is -1.78. The van der Waals surface area contributed by atoms with Crippen LogP contribution in [0.25, 0.3) is 0 Å². The van der Waals surface area contributed by atoms with E-state index in [9.17, 15) is 18.4 Å². The van der Waals surface area contributed by atoms with E-state index in [1.807, 2.05) is 0 Å². The fraction of sp³-hybridized carbons (Fsp3) is 0.529. The molecule has 0 spiro atoms. The number of hydrogen-bond acceptors (Lipinski definition) is 2. The second-order valence-electron chi connectivity index (χ2n) is 6.40. The van der Waals surface area contributed by atoms with Crippen LogP contribution >= 0.6 is 0 Å². The Bertz CT molecular complexity index is 606. The molecule has 5 nitrogen and oxygen atoms in total. The van der Waals surface area contributed by atoms with Crippen LogP contribution in [0.5, 0.6) is 0 Å². The Hall–Kier alpha value is -2.18. The molecule has 1 aromatic rings. The van der Waals surface area contributed by atoms with Gasteiger partial charge in [-0.1, -0.05) is 6.07 Å². The number of piperidine rings is 1. The number of hydrogen-bond donors (Lipinski definition) is 2. The molecule has 1 heterocycles. The molecule has 7 heteroatoms. The SMILES string of the molecule is O=C(NCc1c(F)cccc1F)C1CCN(C(=O)NC2CC2)CC1. The summed E-state index contributed by atoms with van der Waals surface area (Å²) >= 11 is 0. The van der Waals surface area contributed by atoms with Gasteiger partial charge < -0.3 is 15.5 Å². The third-order valence-electron chi connectivity index (χ3n) is 4.56. The minimum Gasteiger partial charge on any atom is -0.352 e. The molecule has 1 aliphatic heterocycles. The number of amides is 3. The lowest BCUT2D eigenvalue weighted by Crippen LogP contribution is -2.47. The molecular weight excluding hydrogens is 316 g/mol. The number of urea groups is 1. The molecule has 0 unspecified atom stereocenters. The summed E-state index contributed by atoms with van der Waals surface area (Å²) < 4.78 is 27.1. The van der Waals surface area contributed by atoms with Crippen molar-refractivity contribution >= 4 is 11.9 Å². The molecule has 24 heavy (non-hydrogen) atoms. The first-order chi connectivity index (χ1) is 11.5. The number of likely N-dealkylation sites (tertiary alicyclic amines) is 1. The van der Waals surface area contributed by atoms with Gasteiger partial charge in [0.05, 0.1) is 0 Å². The van der Waals surface area contributed by atoms with Crippen LogP contribution in [0, 0.1) is 17.6 Å². The predicted molar refractivity (Wildman–Crippen MR) is 84.1 cm³/mol. The van der Waals surface area contributed by atoms with Crippen LogP contribution in [0.1, 0.15) is 31.2 Å². The van der Waals surface area contributed by atoms with E-state index in [-0.39, 0.29) is 30.0 Å². The second kappa shape index (κ2) is 7.15. The zero-order valence-corrected chi connectivity index (χ0v) is 13.4. The summed E-state index contributed by atoms with van der Waals surface area (Å²) in [4.78, 5) is 25.8. The van der Waals surface area contributed by atoms with Gasteiger partial charge in [0.15, 0.2) is 0 Å². The van der Waals surface area contributed by atoms with Gasteiger partial charge in [-0.05, 0) is 37.8 Å². The van der Waals surface area contributed by atoms with Crippen LogP contribution in [-0.2, 0) is 11.3 Å². The first-order valence-electron chi connectivity index (χ1n) is 8.30. The van der Waals surface area contributed by atoms with Gasteiger partial charge in [-0.25, -0.2) is 13.6 Å². The smallest absolute Gasteiger partial charge is 0.317 e. The van der Waals surface area contributed by atoms with Crippen molar-refractivity contribution in [3.63, 3.8) is 0 Å². The number of nitrogens with zero attached hydrogens (tertiary/aromatic N) is 1. The molecule has 2 fully saturated rings. The Kier molecular flexibility index (Phi) is 4.97. The van der Waals surface area contributed by atoms with E-state index in [2.05, 4.69) is 10.6 Å². The first kappa shape index (κ1) is 16.7. The molecule has 3 rings (SSSR count). The molecule has 1 saturated heterocycles. The van der Waals surface area contributed by atoms with Crippen molar-refractivity contribution in [2.24, 2.45) is 5.92 Å². The molecule has 1 aromatic carbocycles. The van der Waals surface area contributed by atoms with E-state index in [0.717, 1.165) is 12.8 Å². The van der Waals surface area contributed by atoms with E-state index < -0.39 is 11.6 Å². The number of rotatable bonds is 4. The Balaban J connectivity index is 1.45. The Morgan fingerprint density at radius 3 is 2.29 bits per heavy atom. The highest BCUT2D eigenvalue weighted by atomic mass is 19.1. The third kappa shape index (κ3) is 4.01. The van der Waals surface area contributed by atoms with Gasteiger partial charge in [-0.3, -0.25) is 4.79 Å². The number of carbonyl (C=O) groups excluding carboxylic acids is 2. The molecular formula is C17H21F2N3O2. The van der Waals surface area contributed by atoms with E-state index >= 15 is 0 Å². The number of nitrogens with one attached hydrogen (secondary N) is 2. The van der Waals surface area contributed by atoms with Crippen molar-refractivity contribution in [2.75, 3.05) is 13.1 Å². The highest BCUT2D eigenvalue weighted by molar-refractivity contribution is 5.79. The van der Waals surface area contributed by atoms with Gasteiger partial charge in [0, 0.05) is 37.2 Å². The molecule has 130 valence electrons. The van der Waals surface area contributed by atoms with Gasteiger partial charge >= 0.3 is 6.03 Å². The lowest BCUT2D eigenvalue weighted by Gasteiger charge is -2.31. The standard InChI is InChI=1S/C17H21F2N3O2/c18-14-2-1-3-15(19)13(14)10-20-16(23)11-6-8-22(9-7-11)17(24)21-12-4-5-12/h1-3,11-12H,4-10H2,(H,20,23)(H,21,24).